The van der Waals surface area contributed by atoms with Gasteiger partial charge in [-0.15, -0.1) is 0 Å². The minimum absolute atomic E-state index is 0.840. The number of hydrogen-bond acceptors (Lipinski definition) is 2. The van der Waals surface area contributed by atoms with E-state index >= 15 is 0 Å². The van der Waals surface area contributed by atoms with Gasteiger partial charge in [-0.25, -0.2) is 0 Å². The quantitative estimate of drug-likeness (QED) is 0.666. The molecule has 90 valence electrons. The van der Waals surface area contributed by atoms with Crippen molar-refractivity contribution in [3.05, 3.63) is 0 Å². The second kappa shape index (κ2) is 8.46. The van der Waals surface area contributed by atoms with Crippen LogP contribution >= 0.6 is 11.8 Å². The third kappa shape index (κ3) is 6.47. The summed E-state index contributed by atoms with van der Waals surface area (Å²) in [6, 6.07) is 0.840. The molecule has 0 radical (unpaired) electrons. The Hall–Kier alpha value is 0.310. The minimum Gasteiger partial charge on any atom is -0.314 e. The topological polar surface area (TPSA) is 12.0 Å². The molecule has 1 rings (SSSR count). The summed E-state index contributed by atoms with van der Waals surface area (Å²) in [5.41, 5.74) is 0. The molecule has 1 aliphatic rings. The predicted molar refractivity (Wildman–Crippen MR) is 71.7 cm³/mol. The molecule has 1 unspecified atom stereocenters. The van der Waals surface area contributed by atoms with E-state index in [4.69, 9.17) is 0 Å². The summed E-state index contributed by atoms with van der Waals surface area (Å²) < 4.78 is 0. The van der Waals surface area contributed by atoms with E-state index < -0.39 is 0 Å². The van der Waals surface area contributed by atoms with Crippen LogP contribution in [0.2, 0.25) is 0 Å². The molecule has 1 fully saturated rings. The average Bonchev–Trinajstić information content (AvgIpc) is 2.29. The van der Waals surface area contributed by atoms with E-state index in [9.17, 15) is 0 Å². The molecular formula is C13H27NS. The van der Waals surface area contributed by atoms with Crippen LogP contribution in [-0.4, -0.2) is 23.6 Å². The van der Waals surface area contributed by atoms with Crippen LogP contribution in [0.25, 0.3) is 0 Å². The Balaban J connectivity index is 1.87. The zero-order valence-electron chi connectivity index (χ0n) is 10.4. The molecule has 0 aromatic heterocycles. The summed E-state index contributed by atoms with van der Waals surface area (Å²) in [6.07, 6.45) is 9.82. The molecule has 1 aliphatic carbocycles. The fourth-order valence-electron chi connectivity index (χ4n) is 2.09. The molecule has 1 saturated carbocycles. The molecule has 1 atom stereocenters. The van der Waals surface area contributed by atoms with Crippen LogP contribution < -0.4 is 5.32 Å². The Kier molecular flexibility index (Phi) is 7.54. The fourth-order valence-corrected chi connectivity index (χ4v) is 3.04. The lowest BCUT2D eigenvalue weighted by Gasteiger charge is -2.22. The summed E-state index contributed by atoms with van der Waals surface area (Å²) in [5.74, 6) is 1.33. The first-order chi connectivity index (χ1) is 7.33. The van der Waals surface area contributed by atoms with Gasteiger partial charge >= 0.3 is 0 Å². The van der Waals surface area contributed by atoms with Crippen LogP contribution in [0.15, 0.2) is 0 Å². The van der Waals surface area contributed by atoms with E-state index in [1.165, 1.54) is 57.2 Å². The molecule has 1 N–H and O–H groups in total. The van der Waals surface area contributed by atoms with Gasteiger partial charge in [0.15, 0.2) is 0 Å². The Morgan fingerprint density at radius 1 is 1.27 bits per heavy atom. The van der Waals surface area contributed by atoms with Gasteiger partial charge in [-0.1, -0.05) is 33.1 Å². The maximum Gasteiger partial charge on any atom is 0.00670 e. The van der Waals surface area contributed by atoms with Gasteiger partial charge in [0, 0.05) is 11.3 Å². The molecular weight excluding hydrogens is 202 g/mol. The number of thioether (sulfide) groups is 1. The van der Waals surface area contributed by atoms with Crippen molar-refractivity contribution in [3.8, 4) is 0 Å². The van der Waals surface area contributed by atoms with Gasteiger partial charge in [-0.2, -0.15) is 11.8 Å². The Bertz CT molecular complexity index is 143. The van der Waals surface area contributed by atoms with Crippen molar-refractivity contribution in [2.45, 2.75) is 70.1 Å². The van der Waals surface area contributed by atoms with Crippen molar-refractivity contribution in [1.82, 2.24) is 5.32 Å². The molecule has 15 heavy (non-hydrogen) atoms. The molecule has 0 spiro atoms. The summed E-state index contributed by atoms with van der Waals surface area (Å²) in [4.78, 5) is 0. The fraction of sp³-hybridized carbons (Fsp3) is 1.00. The average molecular weight is 229 g/mol. The van der Waals surface area contributed by atoms with Gasteiger partial charge in [-0.3, -0.25) is 0 Å². The van der Waals surface area contributed by atoms with Gasteiger partial charge in [0.25, 0.3) is 0 Å². The first-order valence-corrected chi connectivity index (χ1v) is 7.72. The van der Waals surface area contributed by atoms with Crippen LogP contribution in [-0.2, 0) is 0 Å². The maximum absolute atomic E-state index is 3.70. The molecule has 0 aromatic carbocycles. The monoisotopic (exact) mass is 229 g/mol. The molecule has 1 nitrogen and oxygen atoms in total. The molecule has 0 aromatic rings. The lowest BCUT2D eigenvalue weighted by Crippen LogP contribution is -2.31. The van der Waals surface area contributed by atoms with Crippen molar-refractivity contribution < 1.29 is 0 Å². The van der Waals surface area contributed by atoms with Crippen molar-refractivity contribution in [3.63, 3.8) is 0 Å². The van der Waals surface area contributed by atoms with E-state index in [1.807, 2.05) is 0 Å². The Morgan fingerprint density at radius 3 is 2.67 bits per heavy atom. The second-order valence-electron chi connectivity index (χ2n) is 4.73. The van der Waals surface area contributed by atoms with Crippen LogP contribution in [0.3, 0.4) is 0 Å². The molecule has 0 heterocycles. The highest BCUT2D eigenvalue weighted by Gasteiger charge is 2.11. The first kappa shape index (κ1) is 13.4. The molecule has 0 bridgehead atoms. The van der Waals surface area contributed by atoms with E-state index in [0.29, 0.717) is 0 Å². The van der Waals surface area contributed by atoms with Crippen LogP contribution in [0.5, 0.6) is 0 Å². The molecule has 0 aliphatic heterocycles. The normalized spacial score (nSPS) is 20.4. The second-order valence-corrected chi connectivity index (χ2v) is 6.28. The van der Waals surface area contributed by atoms with Gasteiger partial charge < -0.3 is 5.32 Å². The van der Waals surface area contributed by atoms with E-state index in [0.717, 1.165) is 11.3 Å². The SMILES string of the molecule is CCC(C)SCCCNC1CCCCC1. The highest BCUT2D eigenvalue weighted by atomic mass is 32.2. The largest absolute Gasteiger partial charge is 0.314 e. The maximum atomic E-state index is 3.70. The summed E-state index contributed by atoms with van der Waals surface area (Å²) in [6.45, 7) is 5.84. The number of hydrogen-bond donors (Lipinski definition) is 1. The number of nitrogens with one attached hydrogen (secondary N) is 1. The highest BCUT2D eigenvalue weighted by Crippen LogP contribution is 2.18. The molecule has 2 heteroatoms. The minimum atomic E-state index is 0.840. The number of rotatable bonds is 7. The smallest absolute Gasteiger partial charge is 0.00670 e. The van der Waals surface area contributed by atoms with Gasteiger partial charge in [0.05, 0.1) is 0 Å². The lowest BCUT2D eigenvalue weighted by atomic mass is 9.95. The van der Waals surface area contributed by atoms with Crippen molar-refractivity contribution in [2.24, 2.45) is 0 Å². The van der Waals surface area contributed by atoms with Gasteiger partial charge in [-0.05, 0) is 38.0 Å². The van der Waals surface area contributed by atoms with E-state index in [1.54, 1.807) is 0 Å². The lowest BCUT2D eigenvalue weighted by molar-refractivity contribution is 0.375. The third-order valence-corrected chi connectivity index (χ3v) is 4.76. The van der Waals surface area contributed by atoms with Crippen molar-refractivity contribution in [2.75, 3.05) is 12.3 Å². The van der Waals surface area contributed by atoms with Gasteiger partial charge in [0.1, 0.15) is 0 Å². The summed E-state index contributed by atoms with van der Waals surface area (Å²) in [5, 5.41) is 4.55. The Morgan fingerprint density at radius 2 is 2.00 bits per heavy atom. The van der Waals surface area contributed by atoms with E-state index in [2.05, 4.69) is 30.9 Å². The zero-order chi connectivity index (χ0) is 10.9. The van der Waals surface area contributed by atoms with Crippen molar-refractivity contribution in [1.29, 1.82) is 0 Å². The van der Waals surface area contributed by atoms with Crippen LogP contribution in [0.4, 0.5) is 0 Å². The first-order valence-electron chi connectivity index (χ1n) is 6.68. The highest BCUT2D eigenvalue weighted by molar-refractivity contribution is 7.99. The van der Waals surface area contributed by atoms with Crippen molar-refractivity contribution >= 4 is 11.8 Å². The standard InChI is InChI=1S/C13H27NS/c1-3-12(2)15-11-7-10-14-13-8-5-4-6-9-13/h12-14H,3-11H2,1-2H3. The van der Waals surface area contributed by atoms with Gasteiger partial charge in [0.2, 0.25) is 0 Å². The van der Waals surface area contributed by atoms with E-state index in [-0.39, 0.29) is 0 Å². The van der Waals surface area contributed by atoms with Crippen LogP contribution in [0, 0.1) is 0 Å². The molecule has 0 saturated heterocycles. The van der Waals surface area contributed by atoms with Crippen LogP contribution in [0.1, 0.15) is 58.8 Å². The summed E-state index contributed by atoms with van der Waals surface area (Å²) >= 11 is 2.12. The molecule has 0 amide bonds. The summed E-state index contributed by atoms with van der Waals surface area (Å²) in [7, 11) is 0. The Labute approximate surface area is 99.8 Å². The zero-order valence-corrected chi connectivity index (χ0v) is 11.2. The predicted octanol–water partition coefficient (Wildman–Crippen LogP) is 3.83. The third-order valence-electron chi connectivity index (χ3n) is 3.34.